The highest BCUT2D eigenvalue weighted by Gasteiger charge is 2.34. The Bertz CT molecular complexity index is 1130. The van der Waals surface area contributed by atoms with Crippen LogP contribution in [0.4, 0.5) is 24.5 Å². The first-order valence-corrected chi connectivity index (χ1v) is 10.7. The first kappa shape index (κ1) is 25.1. The van der Waals surface area contributed by atoms with E-state index in [9.17, 15) is 31.2 Å². The number of ether oxygens (including phenoxy) is 1. The quantitative estimate of drug-likeness (QED) is 0.569. The van der Waals surface area contributed by atoms with Gasteiger partial charge < -0.3 is 15.4 Å². The smallest absolute Gasteiger partial charge is 0.418 e. The second-order valence-electron chi connectivity index (χ2n) is 7.04. The summed E-state index contributed by atoms with van der Waals surface area (Å²) < 4.78 is 73.0. The normalized spacial score (nSPS) is 11.9. The summed E-state index contributed by atoms with van der Waals surface area (Å²) in [4.78, 5) is 23.4. The third kappa shape index (κ3) is 6.20. The van der Waals surface area contributed by atoms with Gasteiger partial charge in [0, 0.05) is 24.2 Å². The third-order valence-electron chi connectivity index (χ3n) is 4.00. The number of benzene rings is 2. The van der Waals surface area contributed by atoms with E-state index >= 15 is 0 Å². The Kier molecular flexibility index (Phi) is 7.52. The van der Waals surface area contributed by atoms with Gasteiger partial charge in [0.05, 0.1) is 18.4 Å². The van der Waals surface area contributed by atoms with Gasteiger partial charge in [0.2, 0.25) is 15.9 Å². The molecule has 0 heterocycles. The van der Waals surface area contributed by atoms with E-state index in [1.54, 1.807) is 13.8 Å². The number of nitrogens with one attached hydrogen (secondary N) is 3. The van der Waals surface area contributed by atoms with E-state index in [0.717, 1.165) is 19.1 Å². The Labute approximate surface area is 183 Å². The molecule has 8 nitrogen and oxygen atoms in total. The van der Waals surface area contributed by atoms with Gasteiger partial charge in [-0.25, -0.2) is 13.1 Å². The van der Waals surface area contributed by atoms with Crippen molar-refractivity contribution in [2.75, 3.05) is 17.7 Å². The van der Waals surface area contributed by atoms with Crippen molar-refractivity contribution in [1.82, 2.24) is 4.72 Å². The van der Waals surface area contributed by atoms with Crippen molar-refractivity contribution in [3.63, 3.8) is 0 Å². The molecule has 0 saturated heterocycles. The molecule has 2 aromatic carbocycles. The molecule has 0 bridgehead atoms. The molecule has 174 valence electrons. The Morgan fingerprint density at radius 1 is 1.03 bits per heavy atom. The number of halogens is 3. The maximum absolute atomic E-state index is 13.5. The summed E-state index contributed by atoms with van der Waals surface area (Å²) in [6.07, 6.45) is -4.83. The van der Waals surface area contributed by atoms with Crippen LogP contribution in [0.15, 0.2) is 41.3 Å². The molecule has 0 saturated carbocycles. The van der Waals surface area contributed by atoms with E-state index in [4.69, 9.17) is 4.74 Å². The van der Waals surface area contributed by atoms with Crippen molar-refractivity contribution >= 4 is 33.2 Å². The Hall–Kier alpha value is -3.12. The lowest BCUT2D eigenvalue weighted by molar-refractivity contribution is -0.137. The number of anilines is 2. The predicted octanol–water partition coefficient (Wildman–Crippen LogP) is 3.61. The highest BCUT2D eigenvalue weighted by molar-refractivity contribution is 7.89. The number of methoxy groups -OCH3 is 1. The Balaban J connectivity index is 2.45. The molecule has 2 amide bonds. The third-order valence-corrected chi connectivity index (χ3v) is 5.68. The van der Waals surface area contributed by atoms with E-state index in [-0.39, 0.29) is 21.9 Å². The summed E-state index contributed by atoms with van der Waals surface area (Å²) in [6, 6.07) is 5.90. The average molecular weight is 473 g/mol. The minimum atomic E-state index is -4.83. The summed E-state index contributed by atoms with van der Waals surface area (Å²) >= 11 is 0. The number of carbonyl (C=O) groups excluding carboxylic acids is 2. The van der Waals surface area contributed by atoms with Crippen LogP contribution in [0.5, 0.6) is 5.75 Å². The molecule has 12 heteroatoms. The highest BCUT2D eigenvalue weighted by atomic mass is 32.2. The molecule has 3 N–H and O–H groups in total. The van der Waals surface area contributed by atoms with Gasteiger partial charge in [0.1, 0.15) is 10.6 Å². The molecule has 0 unspecified atom stereocenters. The van der Waals surface area contributed by atoms with E-state index in [0.29, 0.717) is 6.07 Å². The zero-order valence-electron chi connectivity index (χ0n) is 17.6. The summed E-state index contributed by atoms with van der Waals surface area (Å²) in [7, 11) is -2.81. The molecule has 2 rings (SSSR count). The zero-order valence-corrected chi connectivity index (χ0v) is 18.4. The average Bonchev–Trinajstić information content (AvgIpc) is 2.66. The standard InChI is InChI=1S/C20H22F3N3O5S/c1-11(2)26-32(29,30)18-9-13(5-8-17(18)31-4)19(28)25-16-7-6-14(24-12(3)27)10-15(16)20(21,22)23/h5-11,26H,1-4H3,(H,24,27)(H,25,28). The molecule has 32 heavy (non-hydrogen) atoms. The maximum Gasteiger partial charge on any atom is 0.418 e. The zero-order chi connectivity index (χ0) is 24.3. The van der Waals surface area contributed by atoms with Gasteiger partial charge in [-0.05, 0) is 50.2 Å². The maximum atomic E-state index is 13.5. The first-order chi connectivity index (χ1) is 14.7. The largest absolute Gasteiger partial charge is 0.495 e. The fourth-order valence-corrected chi connectivity index (χ4v) is 4.21. The van der Waals surface area contributed by atoms with Crippen LogP contribution in [-0.4, -0.2) is 33.4 Å². The van der Waals surface area contributed by atoms with Crippen LogP contribution < -0.4 is 20.1 Å². The van der Waals surface area contributed by atoms with E-state index in [1.165, 1.54) is 25.3 Å². The SMILES string of the molecule is COc1ccc(C(=O)Nc2ccc(NC(C)=O)cc2C(F)(F)F)cc1S(=O)(=O)NC(C)C. The van der Waals surface area contributed by atoms with Crippen LogP contribution in [0.3, 0.4) is 0 Å². The molecule has 0 aromatic heterocycles. The number of hydrogen-bond acceptors (Lipinski definition) is 5. The van der Waals surface area contributed by atoms with Gasteiger partial charge in [-0.15, -0.1) is 0 Å². The van der Waals surface area contributed by atoms with Crippen molar-refractivity contribution in [3.8, 4) is 5.75 Å². The van der Waals surface area contributed by atoms with Crippen LogP contribution in [0.2, 0.25) is 0 Å². The van der Waals surface area contributed by atoms with Crippen molar-refractivity contribution < 1.29 is 35.9 Å². The number of sulfonamides is 1. The molecule has 0 spiro atoms. The van der Waals surface area contributed by atoms with Crippen LogP contribution >= 0.6 is 0 Å². The number of hydrogen-bond donors (Lipinski definition) is 3. The summed E-state index contributed by atoms with van der Waals surface area (Å²) in [5.41, 5.74) is -2.04. The van der Waals surface area contributed by atoms with Crippen LogP contribution in [0.1, 0.15) is 36.7 Å². The topological polar surface area (TPSA) is 114 Å². The van der Waals surface area contributed by atoms with Crippen LogP contribution in [0.25, 0.3) is 0 Å². The van der Waals surface area contributed by atoms with Gasteiger partial charge in [-0.1, -0.05) is 0 Å². The van der Waals surface area contributed by atoms with Crippen molar-refractivity contribution in [1.29, 1.82) is 0 Å². The minimum absolute atomic E-state index is 0.0367. The second-order valence-corrected chi connectivity index (χ2v) is 8.72. The van der Waals surface area contributed by atoms with Gasteiger partial charge >= 0.3 is 6.18 Å². The molecule has 0 aliphatic heterocycles. The lowest BCUT2D eigenvalue weighted by Gasteiger charge is -2.17. The van der Waals surface area contributed by atoms with Crippen molar-refractivity contribution in [3.05, 3.63) is 47.5 Å². The molecular weight excluding hydrogens is 451 g/mol. The van der Waals surface area contributed by atoms with E-state index < -0.39 is 45.3 Å². The van der Waals surface area contributed by atoms with E-state index in [1.807, 2.05) is 0 Å². The molecule has 0 atom stereocenters. The highest BCUT2D eigenvalue weighted by Crippen LogP contribution is 2.37. The van der Waals surface area contributed by atoms with Gasteiger partial charge in [0.15, 0.2) is 0 Å². The molecule has 0 radical (unpaired) electrons. The molecule has 0 fully saturated rings. The Morgan fingerprint density at radius 2 is 1.69 bits per heavy atom. The lowest BCUT2D eigenvalue weighted by Crippen LogP contribution is -2.30. The second kappa shape index (κ2) is 9.57. The molecular formula is C20H22F3N3O5S. The summed E-state index contributed by atoms with van der Waals surface area (Å²) in [5.74, 6) is -1.56. The summed E-state index contributed by atoms with van der Waals surface area (Å²) in [6.45, 7) is 4.35. The number of alkyl halides is 3. The van der Waals surface area contributed by atoms with E-state index in [2.05, 4.69) is 15.4 Å². The predicted molar refractivity (Wildman–Crippen MR) is 112 cm³/mol. The van der Waals surface area contributed by atoms with Gasteiger partial charge in [-0.2, -0.15) is 13.2 Å². The van der Waals surface area contributed by atoms with Crippen LogP contribution in [0, 0.1) is 0 Å². The number of amides is 2. The summed E-state index contributed by atoms with van der Waals surface area (Å²) in [5, 5.41) is 4.39. The fourth-order valence-electron chi connectivity index (χ4n) is 2.77. The number of carbonyl (C=O) groups is 2. The van der Waals surface area contributed by atoms with Gasteiger partial charge in [0.25, 0.3) is 5.91 Å². The van der Waals surface area contributed by atoms with Gasteiger partial charge in [-0.3, -0.25) is 9.59 Å². The lowest BCUT2D eigenvalue weighted by atomic mass is 10.1. The molecule has 2 aromatic rings. The minimum Gasteiger partial charge on any atom is -0.495 e. The van der Waals surface area contributed by atoms with Crippen molar-refractivity contribution in [2.24, 2.45) is 0 Å². The fraction of sp³-hybridized carbons (Fsp3) is 0.300. The molecule has 0 aliphatic rings. The first-order valence-electron chi connectivity index (χ1n) is 9.25. The Morgan fingerprint density at radius 3 is 2.22 bits per heavy atom. The van der Waals surface area contributed by atoms with Crippen LogP contribution in [-0.2, 0) is 21.0 Å². The van der Waals surface area contributed by atoms with Crippen molar-refractivity contribution in [2.45, 2.75) is 37.9 Å². The monoisotopic (exact) mass is 473 g/mol. The number of rotatable bonds is 7. The molecule has 0 aliphatic carbocycles.